The van der Waals surface area contributed by atoms with Gasteiger partial charge in [-0.05, 0) is 36.9 Å². The molecule has 2 rings (SSSR count). The van der Waals surface area contributed by atoms with Crippen LogP contribution in [-0.2, 0) is 6.42 Å². The summed E-state index contributed by atoms with van der Waals surface area (Å²) in [6.07, 6.45) is 12.1. The van der Waals surface area contributed by atoms with E-state index < -0.39 is 0 Å². The molecule has 0 saturated heterocycles. The molecular formula is C14H23NO. The molecule has 0 aliphatic heterocycles. The second-order valence-electron chi connectivity index (χ2n) is 5.23. The van der Waals surface area contributed by atoms with Crippen molar-refractivity contribution in [1.29, 1.82) is 0 Å². The van der Waals surface area contributed by atoms with Crippen LogP contribution in [0.5, 0.6) is 0 Å². The topological polar surface area (TPSA) is 39.2 Å². The van der Waals surface area contributed by atoms with Crippen molar-refractivity contribution in [2.24, 2.45) is 11.1 Å². The Hall–Kier alpha value is -0.760. The first kappa shape index (κ1) is 11.7. The van der Waals surface area contributed by atoms with E-state index in [1.54, 1.807) is 6.26 Å². The molecule has 1 saturated carbocycles. The zero-order valence-electron chi connectivity index (χ0n) is 10.1. The second kappa shape index (κ2) is 5.53. The third kappa shape index (κ3) is 2.88. The first-order valence-electron chi connectivity index (χ1n) is 6.57. The van der Waals surface area contributed by atoms with E-state index in [1.807, 2.05) is 6.07 Å². The van der Waals surface area contributed by atoms with Crippen LogP contribution < -0.4 is 5.73 Å². The summed E-state index contributed by atoms with van der Waals surface area (Å²) in [5, 5.41) is 0. The molecular weight excluding hydrogens is 198 g/mol. The molecule has 2 N–H and O–H groups in total. The molecule has 1 fully saturated rings. The maximum atomic E-state index is 6.03. The smallest absolute Gasteiger partial charge is 0.104 e. The molecule has 0 unspecified atom stereocenters. The van der Waals surface area contributed by atoms with Gasteiger partial charge < -0.3 is 10.2 Å². The minimum atomic E-state index is 0.304. The molecule has 1 heterocycles. The summed E-state index contributed by atoms with van der Waals surface area (Å²) in [5.74, 6) is 1.10. The first-order valence-corrected chi connectivity index (χ1v) is 6.57. The van der Waals surface area contributed by atoms with Crippen molar-refractivity contribution in [1.82, 2.24) is 0 Å². The summed E-state index contributed by atoms with van der Waals surface area (Å²) in [4.78, 5) is 0. The Balaban J connectivity index is 2.03. The minimum absolute atomic E-state index is 0.304. The van der Waals surface area contributed by atoms with Gasteiger partial charge in [-0.1, -0.05) is 32.1 Å². The zero-order chi connectivity index (χ0) is 11.3. The van der Waals surface area contributed by atoms with Gasteiger partial charge in [-0.2, -0.15) is 0 Å². The molecule has 90 valence electrons. The second-order valence-corrected chi connectivity index (χ2v) is 5.23. The molecule has 0 atom stereocenters. The molecule has 0 amide bonds. The maximum absolute atomic E-state index is 6.03. The van der Waals surface area contributed by atoms with Gasteiger partial charge in [0.25, 0.3) is 0 Å². The molecule has 2 nitrogen and oxygen atoms in total. The van der Waals surface area contributed by atoms with Crippen molar-refractivity contribution >= 4 is 0 Å². The van der Waals surface area contributed by atoms with Crippen LogP contribution in [0.3, 0.4) is 0 Å². The van der Waals surface area contributed by atoms with E-state index in [0.717, 1.165) is 18.7 Å². The number of hydrogen-bond acceptors (Lipinski definition) is 2. The van der Waals surface area contributed by atoms with Gasteiger partial charge in [0, 0.05) is 6.42 Å². The Morgan fingerprint density at radius 2 is 1.81 bits per heavy atom. The summed E-state index contributed by atoms with van der Waals surface area (Å²) in [6, 6.07) is 4.05. The monoisotopic (exact) mass is 221 g/mol. The molecule has 2 heteroatoms. The predicted molar refractivity (Wildman–Crippen MR) is 66.2 cm³/mol. The third-order valence-corrected chi connectivity index (χ3v) is 3.98. The van der Waals surface area contributed by atoms with Crippen LogP contribution in [0, 0.1) is 5.41 Å². The molecule has 1 aliphatic rings. The highest BCUT2D eigenvalue weighted by Gasteiger charge is 2.29. The quantitative estimate of drug-likeness (QED) is 0.848. The fourth-order valence-electron chi connectivity index (χ4n) is 2.89. The average Bonchev–Trinajstić information content (AvgIpc) is 2.75. The summed E-state index contributed by atoms with van der Waals surface area (Å²) in [5.41, 5.74) is 6.34. The van der Waals surface area contributed by atoms with Crippen LogP contribution in [0.1, 0.15) is 50.7 Å². The number of furan rings is 1. The van der Waals surface area contributed by atoms with Crippen molar-refractivity contribution < 1.29 is 4.42 Å². The van der Waals surface area contributed by atoms with Crippen LogP contribution in [0.15, 0.2) is 22.8 Å². The van der Waals surface area contributed by atoms with Gasteiger partial charge in [-0.25, -0.2) is 0 Å². The lowest BCUT2D eigenvalue weighted by molar-refractivity contribution is 0.204. The Morgan fingerprint density at radius 1 is 1.12 bits per heavy atom. The van der Waals surface area contributed by atoms with Gasteiger partial charge in [-0.3, -0.25) is 0 Å². The molecule has 1 aromatic heterocycles. The van der Waals surface area contributed by atoms with Gasteiger partial charge in [0.05, 0.1) is 6.26 Å². The lowest BCUT2D eigenvalue weighted by Gasteiger charge is -2.33. The minimum Gasteiger partial charge on any atom is -0.469 e. The number of rotatable bonds is 3. The van der Waals surface area contributed by atoms with Crippen LogP contribution in [0.25, 0.3) is 0 Å². The average molecular weight is 221 g/mol. The van der Waals surface area contributed by atoms with E-state index in [9.17, 15) is 0 Å². The highest BCUT2D eigenvalue weighted by atomic mass is 16.3. The largest absolute Gasteiger partial charge is 0.469 e. The molecule has 1 aromatic rings. The van der Waals surface area contributed by atoms with Gasteiger partial charge in [0.15, 0.2) is 0 Å². The van der Waals surface area contributed by atoms with E-state index in [-0.39, 0.29) is 0 Å². The van der Waals surface area contributed by atoms with E-state index in [1.165, 1.54) is 44.9 Å². The van der Waals surface area contributed by atoms with E-state index in [0.29, 0.717) is 5.41 Å². The van der Waals surface area contributed by atoms with Crippen LogP contribution >= 0.6 is 0 Å². The van der Waals surface area contributed by atoms with Crippen LogP contribution in [-0.4, -0.2) is 6.54 Å². The predicted octanol–water partition coefficient (Wildman–Crippen LogP) is 3.51. The molecule has 0 spiro atoms. The maximum Gasteiger partial charge on any atom is 0.104 e. The van der Waals surface area contributed by atoms with Crippen molar-refractivity contribution in [3.8, 4) is 0 Å². The van der Waals surface area contributed by atoms with Gasteiger partial charge in [-0.15, -0.1) is 0 Å². The summed E-state index contributed by atoms with van der Waals surface area (Å²) in [6.45, 7) is 0.799. The van der Waals surface area contributed by atoms with Crippen molar-refractivity contribution in [3.05, 3.63) is 24.2 Å². The van der Waals surface area contributed by atoms with E-state index in [2.05, 4.69) is 6.07 Å². The summed E-state index contributed by atoms with van der Waals surface area (Å²) in [7, 11) is 0. The molecule has 0 aromatic carbocycles. The number of nitrogens with two attached hydrogens (primary N) is 1. The van der Waals surface area contributed by atoms with Crippen molar-refractivity contribution in [3.63, 3.8) is 0 Å². The van der Waals surface area contributed by atoms with Crippen LogP contribution in [0.2, 0.25) is 0 Å². The van der Waals surface area contributed by atoms with Gasteiger partial charge >= 0.3 is 0 Å². The summed E-state index contributed by atoms with van der Waals surface area (Å²) >= 11 is 0. The Bertz CT molecular complexity index is 284. The normalized spacial score (nSPS) is 21.3. The highest BCUT2D eigenvalue weighted by Crippen LogP contribution is 2.36. The fourth-order valence-corrected chi connectivity index (χ4v) is 2.89. The summed E-state index contributed by atoms with van der Waals surface area (Å²) < 4.78 is 5.48. The van der Waals surface area contributed by atoms with E-state index in [4.69, 9.17) is 10.2 Å². The Morgan fingerprint density at radius 3 is 2.38 bits per heavy atom. The van der Waals surface area contributed by atoms with Crippen molar-refractivity contribution in [2.75, 3.05) is 6.54 Å². The molecule has 0 radical (unpaired) electrons. The zero-order valence-corrected chi connectivity index (χ0v) is 10.1. The lowest BCUT2D eigenvalue weighted by Crippen LogP contribution is -2.33. The van der Waals surface area contributed by atoms with Gasteiger partial charge in [0.2, 0.25) is 0 Å². The SMILES string of the molecule is NCC1(Cc2ccco2)CCCCCCC1. The van der Waals surface area contributed by atoms with Crippen molar-refractivity contribution in [2.45, 2.75) is 51.4 Å². The molecule has 16 heavy (non-hydrogen) atoms. The Kier molecular flexibility index (Phi) is 4.05. The fraction of sp³-hybridized carbons (Fsp3) is 0.714. The number of hydrogen-bond donors (Lipinski definition) is 1. The van der Waals surface area contributed by atoms with Crippen LogP contribution in [0.4, 0.5) is 0 Å². The van der Waals surface area contributed by atoms with E-state index >= 15 is 0 Å². The third-order valence-electron chi connectivity index (χ3n) is 3.98. The Labute approximate surface area is 98.2 Å². The first-order chi connectivity index (χ1) is 7.85. The lowest BCUT2D eigenvalue weighted by atomic mass is 9.73. The van der Waals surface area contributed by atoms with Gasteiger partial charge in [0.1, 0.15) is 5.76 Å². The molecule has 1 aliphatic carbocycles. The molecule has 0 bridgehead atoms. The highest BCUT2D eigenvalue weighted by molar-refractivity contribution is 5.03. The standard InChI is InChI=1S/C14H23NO/c15-12-14(11-13-7-6-10-16-13)8-4-2-1-3-5-9-14/h6-7,10H,1-5,8-9,11-12,15H2.